The van der Waals surface area contributed by atoms with Gasteiger partial charge >= 0.3 is 0 Å². The van der Waals surface area contributed by atoms with Crippen molar-refractivity contribution in [1.29, 1.82) is 0 Å². The number of fused-ring (bicyclic) bond motifs is 1. The van der Waals surface area contributed by atoms with E-state index in [-0.39, 0.29) is 0 Å². The number of nitrogens with zero attached hydrogens (tertiary/aromatic N) is 2. The van der Waals surface area contributed by atoms with Gasteiger partial charge in [-0.15, -0.1) is 0 Å². The summed E-state index contributed by atoms with van der Waals surface area (Å²) < 4.78 is 3.29. The van der Waals surface area contributed by atoms with Crippen molar-refractivity contribution in [3.05, 3.63) is 22.7 Å². The molecule has 3 rings (SSSR count). The van der Waals surface area contributed by atoms with Crippen LogP contribution >= 0.6 is 27.7 Å². The molecule has 1 aromatic carbocycles. The van der Waals surface area contributed by atoms with Gasteiger partial charge < -0.3 is 10.3 Å². The Kier molecular flexibility index (Phi) is 3.76. The summed E-state index contributed by atoms with van der Waals surface area (Å²) in [6.45, 7) is 0. The summed E-state index contributed by atoms with van der Waals surface area (Å²) in [5.74, 6) is 0.653. The molecule has 0 radical (unpaired) electrons. The van der Waals surface area contributed by atoms with Crippen LogP contribution in [0.15, 0.2) is 22.7 Å². The maximum atomic E-state index is 6.15. The summed E-state index contributed by atoms with van der Waals surface area (Å²) >= 11 is 5.47. The third kappa shape index (κ3) is 2.50. The van der Waals surface area contributed by atoms with Gasteiger partial charge in [0.25, 0.3) is 0 Å². The minimum atomic E-state index is 0.498. The number of anilines is 1. The average Bonchev–Trinajstić information content (AvgIpc) is 2.73. The predicted molar refractivity (Wildman–Crippen MR) is 86.7 cm³/mol. The maximum Gasteiger partial charge on any atom is 0.201 e. The summed E-state index contributed by atoms with van der Waals surface area (Å²) in [5.41, 5.74) is 8.29. The van der Waals surface area contributed by atoms with Crippen molar-refractivity contribution < 1.29 is 0 Å². The zero-order chi connectivity index (χ0) is 13.4. The molecule has 0 aliphatic heterocycles. The summed E-state index contributed by atoms with van der Waals surface area (Å²) in [6.07, 6.45) is 7.23. The number of imidazole rings is 1. The van der Waals surface area contributed by atoms with Crippen molar-refractivity contribution in [3.8, 4) is 0 Å². The molecule has 1 aliphatic carbocycles. The van der Waals surface area contributed by atoms with Gasteiger partial charge in [0.2, 0.25) is 5.95 Å². The van der Waals surface area contributed by atoms with Gasteiger partial charge in [-0.3, -0.25) is 0 Å². The largest absolute Gasteiger partial charge is 0.369 e. The molecule has 2 atom stereocenters. The van der Waals surface area contributed by atoms with E-state index in [4.69, 9.17) is 5.73 Å². The van der Waals surface area contributed by atoms with Crippen LogP contribution in [0.5, 0.6) is 0 Å². The Morgan fingerprint density at radius 1 is 1.42 bits per heavy atom. The van der Waals surface area contributed by atoms with E-state index < -0.39 is 0 Å². The van der Waals surface area contributed by atoms with E-state index in [0.29, 0.717) is 12.0 Å². The van der Waals surface area contributed by atoms with Crippen LogP contribution in [0.4, 0.5) is 5.95 Å². The Bertz CT molecular complexity index is 596. The lowest BCUT2D eigenvalue weighted by molar-refractivity contribution is 0.371. The van der Waals surface area contributed by atoms with Gasteiger partial charge in [0.1, 0.15) is 0 Å². The Morgan fingerprint density at radius 3 is 3.05 bits per heavy atom. The summed E-state index contributed by atoms with van der Waals surface area (Å²) in [5, 5.41) is 0.756. The third-order valence-electron chi connectivity index (χ3n) is 3.98. The first-order valence-corrected chi connectivity index (χ1v) is 8.73. The summed E-state index contributed by atoms with van der Waals surface area (Å²) in [4.78, 5) is 4.50. The number of thioether (sulfide) groups is 1. The summed E-state index contributed by atoms with van der Waals surface area (Å²) in [7, 11) is 0. The van der Waals surface area contributed by atoms with E-state index >= 15 is 0 Å². The quantitative estimate of drug-likeness (QED) is 0.890. The van der Waals surface area contributed by atoms with E-state index in [1.807, 2.05) is 17.8 Å². The average molecular weight is 340 g/mol. The molecule has 2 aromatic rings. The van der Waals surface area contributed by atoms with Crippen molar-refractivity contribution in [1.82, 2.24) is 9.55 Å². The summed E-state index contributed by atoms with van der Waals surface area (Å²) in [6, 6.07) is 6.72. The standard InChI is InChI=1S/C14H18BrN3S/c1-19-11-4-2-3-10(8-11)18-13-6-5-9(15)7-12(13)17-14(18)16/h5-7,10-11H,2-4,8H2,1H3,(H2,16,17). The van der Waals surface area contributed by atoms with Crippen molar-refractivity contribution in [3.63, 3.8) is 0 Å². The molecule has 5 heteroatoms. The number of nitrogen functional groups attached to an aromatic ring is 1. The second-order valence-electron chi connectivity index (χ2n) is 5.15. The van der Waals surface area contributed by atoms with Crippen LogP contribution in [0.3, 0.4) is 0 Å². The van der Waals surface area contributed by atoms with E-state index in [9.17, 15) is 0 Å². The lowest BCUT2D eigenvalue weighted by Crippen LogP contribution is -2.21. The fourth-order valence-electron chi connectivity index (χ4n) is 3.04. The molecular formula is C14H18BrN3S. The second kappa shape index (κ2) is 5.37. The highest BCUT2D eigenvalue weighted by Crippen LogP contribution is 2.37. The van der Waals surface area contributed by atoms with Gasteiger partial charge in [-0.2, -0.15) is 11.8 Å². The molecule has 0 amide bonds. The van der Waals surface area contributed by atoms with Gasteiger partial charge in [0.15, 0.2) is 0 Å². The molecule has 0 bridgehead atoms. The molecule has 1 aliphatic rings. The number of hydrogen-bond acceptors (Lipinski definition) is 3. The zero-order valence-corrected chi connectivity index (χ0v) is 13.4. The zero-order valence-electron chi connectivity index (χ0n) is 11.0. The van der Waals surface area contributed by atoms with E-state index in [1.54, 1.807) is 0 Å². The van der Waals surface area contributed by atoms with Crippen LogP contribution in [0.1, 0.15) is 31.7 Å². The smallest absolute Gasteiger partial charge is 0.201 e. The van der Waals surface area contributed by atoms with Gasteiger partial charge in [0, 0.05) is 15.8 Å². The Hall–Kier alpha value is -0.680. The highest BCUT2D eigenvalue weighted by atomic mass is 79.9. The molecule has 0 spiro atoms. The van der Waals surface area contributed by atoms with E-state index in [1.165, 1.54) is 25.7 Å². The molecule has 102 valence electrons. The van der Waals surface area contributed by atoms with Crippen LogP contribution in [-0.4, -0.2) is 21.1 Å². The third-order valence-corrected chi connectivity index (χ3v) is 5.56. The van der Waals surface area contributed by atoms with Gasteiger partial charge in [-0.25, -0.2) is 4.98 Å². The van der Waals surface area contributed by atoms with Crippen LogP contribution in [-0.2, 0) is 0 Å². The molecular weight excluding hydrogens is 322 g/mol. The first-order chi connectivity index (χ1) is 9.19. The Morgan fingerprint density at radius 2 is 2.26 bits per heavy atom. The number of aromatic nitrogens is 2. The van der Waals surface area contributed by atoms with E-state index in [0.717, 1.165) is 20.8 Å². The Labute approximate surface area is 126 Å². The van der Waals surface area contributed by atoms with Gasteiger partial charge in [0.05, 0.1) is 11.0 Å². The molecule has 2 N–H and O–H groups in total. The molecule has 1 fully saturated rings. The number of rotatable bonds is 2. The molecule has 1 aromatic heterocycles. The first-order valence-electron chi connectivity index (χ1n) is 6.65. The van der Waals surface area contributed by atoms with Crippen LogP contribution in [0, 0.1) is 0 Å². The van der Waals surface area contributed by atoms with Gasteiger partial charge in [-0.1, -0.05) is 22.4 Å². The molecule has 0 saturated heterocycles. The topological polar surface area (TPSA) is 43.8 Å². The molecule has 3 nitrogen and oxygen atoms in total. The number of hydrogen-bond donors (Lipinski definition) is 1. The van der Waals surface area contributed by atoms with Crippen LogP contribution in [0.25, 0.3) is 11.0 Å². The predicted octanol–water partition coefficient (Wildman–Crippen LogP) is 4.23. The fourth-order valence-corrected chi connectivity index (χ4v) is 4.21. The maximum absolute atomic E-state index is 6.15. The molecule has 1 saturated carbocycles. The van der Waals surface area contributed by atoms with Crippen LogP contribution in [0.2, 0.25) is 0 Å². The number of nitrogens with two attached hydrogens (primary N) is 1. The minimum absolute atomic E-state index is 0.498. The molecule has 2 unspecified atom stereocenters. The highest BCUT2D eigenvalue weighted by Gasteiger charge is 2.25. The molecule has 19 heavy (non-hydrogen) atoms. The van der Waals surface area contributed by atoms with Crippen molar-refractivity contribution in [2.75, 3.05) is 12.0 Å². The monoisotopic (exact) mass is 339 g/mol. The van der Waals surface area contributed by atoms with Gasteiger partial charge in [-0.05, 0) is 43.7 Å². The van der Waals surface area contributed by atoms with E-state index in [2.05, 4.69) is 43.9 Å². The van der Waals surface area contributed by atoms with Crippen molar-refractivity contribution in [2.45, 2.75) is 37.0 Å². The second-order valence-corrected chi connectivity index (χ2v) is 7.20. The minimum Gasteiger partial charge on any atom is -0.369 e. The highest BCUT2D eigenvalue weighted by molar-refractivity contribution is 9.10. The van der Waals surface area contributed by atoms with Crippen LogP contribution < -0.4 is 5.73 Å². The lowest BCUT2D eigenvalue weighted by atomic mass is 9.94. The lowest BCUT2D eigenvalue weighted by Gasteiger charge is -2.29. The fraction of sp³-hybridized carbons (Fsp3) is 0.500. The number of halogens is 1. The SMILES string of the molecule is CSC1CCCC(n2c(N)nc3cc(Br)ccc32)C1. The normalized spacial score (nSPS) is 23.9. The van der Waals surface area contributed by atoms with Crippen molar-refractivity contribution in [2.24, 2.45) is 0 Å². The Balaban J connectivity index is 2.02. The van der Waals surface area contributed by atoms with Crippen molar-refractivity contribution >= 4 is 44.7 Å². The first kappa shape index (κ1) is 13.3. The molecule has 1 heterocycles. The number of benzene rings is 1.